The summed E-state index contributed by atoms with van der Waals surface area (Å²) >= 11 is 1.78. The maximum Gasteiger partial charge on any atom is 0.182 e. The van der Waals surface area contributed by atoms with Gasteiger partial charge in [0.25, 0.3) is 0 Å². The van der Waals surface area contributed by atoms with Gasteiger partial charge in [-0.05, 0) is 163 Å². The minimum atomic E-state index is -0.789. The van der Waals surface area contributed by atoms with Crippen molar-refractivity contribution in [2.24, 2.45) is 0 Å². The van der Waals surface area contributed by atoms with E-state index in [1.54, 1.807) is 17.5 Å². The predicted octanol–water partition coefficient (Wildman–Crippen LogP) is 23.8. The van der Waals surface area contributed by atoms with Crippen molar-refractivity contribution in [3.8, 4) is 147 Å². The van der Waals surface area contributed by atoms with Gasteiger partial charge in [0.15, 0.2) is 34.9 Å². The third-order valence-electron chi connectivity index (χ3n) is 22.0. The van der Waals surface area contributed by atoms with Crippen LogP contribution in [0.25, 0.3) is 144 Å². The van der Waals surface area contributed by atoms with Crippen molar-refractivity contribution in [3.63, 3.8) is 0 Å². The zero-order valence-corrected chi connectivity index (χ0v) is 58.1. The standard InChI is InChI=1S/C97H57N7O2S/c1-2-21-58(22-3-1)90-99-93(104-95(103-90)83-39-16-17-50-98-83)67-28-20-25-61(53-67)64-45-49-87-82(56-64)97(77-36-11-6-31-71(77)72-32-7-12-37-78(72)97)81-55-63(44-48-86(81)106-87)60-24-19-27-66(52-60)92-100-91(101-94(102-92)68-42-46-74-73-33-8-15-41-88(73)107-89(74)57-68)65-26-18-23-59(51-65)62-43-47-85-80(54-62)96(79-38-13-14-40-84(79)105-85)75-34-9-4-29-69(75)70-30-5-10-35-76(70)96/h1-57H. The summed E-state index contributed by atoms with van der Waals surface area (Å²) in [4.78, 5) is 36.1. The maximum atomic E-state index is 7.18. The Hall–Kier alpha value is -13.9. The molecule has 0 saturated heterocycles. The second-order valence-corrected chi connectivity index (χ2v) is 28.8. The van der Waals surface area contributed by atoms with E-state index in [0.29, 0.717) is 40.6 Å². The molecule has 0 saturated carbocycles. The van der Waals surface area contributed by atoms with Gasteiger partial charge in [-0.15, -0.1) is 11.3 Å². The van der Waals surface area contributed by atoms with E-state index in [1.807, 2.05) is 48.5 Å². The summed E-state index contributed by atoms with van der Waals surface area (Å²) in [5.74, 6) is 6.61. The second-order valence-electron chi connectivity index (χ2n) is 27.8. The molecule has 4 aromatic heterocycles. The number of benzene rings is 14. The Kier molecular flexibility index (Phi) is 13.5. The number of hydrogen-bond donors (Lipinski definition) is 0. The molecule has 18 aromatic rings. The molecule has 2 spiro atoms. The molecular formula is C97H57N7O2S. The van der Waals surface area contributed by atoms with Crippen LogP contribution >= 0.6 is 11.3 Å². The lowest BCUT2D eigenvalue weighted by atomic mass is 9.65. The average Bonchev–Trinajstić information content (AvgIpc) is 1.55. The predicted molar refractivity (Wildman–Crippen MR) is 428 cm³/mol. The second kappa shape index (κ2) is 23.8. The molecule has 0 amide bonds. The minimum Gasteiger partial charge on any atom is -0.457 e. The first kappa shape index (κ1) is 60.6. The lowest BCUT2D eigenvalue weighted by Crippen LogP contribution is -2.32. The molecule has 14 aromatic carbocycles. The Balaban J connectivity index is 0.670. The fourth-order valence-corrected chi connectivity index (χ4v) is 18.4. The van der Waals surface area contributed by atoms with Crippen LogP contribution in [-0.2, 0) is 10.8 Å². The Morgan fingerprint density at radius 2 is 0.561 bits per heavy atom. The summed E-state index contributed by atoms with van der Waals surface area (Å²) < 4.78 is 16.5. The van der Waals surface area contributed by atoms with E-state index in [2.05, 4.69) is 296 Å². The SMILES string of the molecule is c1ccc(-c2nc(-c3cccc(-c4ccc5c(c4)C4(c6cc(-c7cccc(-c8nc(-c9cccc(-c%10ccc%11c(c%10)C%10(c%12ccccc%12O%11)c%11ccccc%11-c%11ccccc%11%10)c9)nc(-c9ccc%10c(c9)sc9ccccc9%10)n8)c7)ccc6O5)c5ccccc5-c5ccccc54)c3)nc(-c3ccccn3)n2)cc1. The topological polar surface area (TPSA) is 109 Å². The lowest BCUT2D eigenvalue weighted by molar-refractivity contribution is 0.436. The first-order valence-electron chi connectivity index (χ1n) is 36.0. The molecule has 22 rings (SSSR count). The average molecular weight is 1380 g/mol. The van der Waals surface area contributed by atoms with Crippen LogP contribution in [0.15, 0.2) is 346 Å². The van der Waals surface area contributed by atoms with Gasteiger partial charge in [-0.2, -0.15) is 0 Å². The third-order valence-corrected chi connectivity index (χ3v) is 23.1. The minimum absolute atomic E-state index is 0.502. The molecular weight excluding hydrogens is 1330 g/mol. The van der Waals surface area contributed by atoms with Gasteiger partial charge in [-0.1, -0.05) is 255 Å². The Morgan fingerprint density at radius 3 is 1.05 bits per heavy atom. The highest BCUT2D eigenvalue weighted by Crippen LogP contribution is 2.65. The molecule has 0 unspecified atom stereocenters. The Morgan fingerprint density at radius 1 is 0.215 bits per heavy atom. The number of pyridine rings is 1. The first-order chi connectivity index (χ1) is 53.0. The van der Waals surface area contributed by atoms with E-state index >= 15 is 0 Å². The molecule has 6 heterocycles. The number of fused-ring (bicyclic) bond motifs is 21. The highest BCUT2D eigenvalue weighted by atomic mass is 32.1. The zero-order chi connectivity index (χ0) is 70.3. The van der Waals surface area contributed by atoms with Crippen LogP contribution in [0, 0.1) is 0 Å². The molecule has 4 aliphatic rings. The molecule has 0 N–H and O–H groups in total. The van der Waals surface area contributed by atoms with Gasteiger partial charge in [0.2, 0.25) is 0 Å². The van der Waals surface area contributed by atoms with E-state index < -0.39 is 10.8 Å². The van der Waals surface area contributed by atoms with E-state index in [9.17, 15) is 0 Å². The zero-order valence-electron chi connectivity index (χ0n) is 57.3. The number of nitrogens with zero attached hydrogens (tertiary/aromatic N) is 7. The molecule has 498 valence electrons. The quantitative estimate of drug-likeness (QED) is 0.140. The van der Waals surface area contributed by atoms with E-state index in [4.69, 9.17) is 39.4 Å². The summed E-state index contributed by atoms with van der Waals surface area (Å²) in [5, 5.41) is 2.44. The number of thiophene rings is 1. The number of hydrogen-bond acceptors (Lipinski definition) is 10. The Bertz CT molecular complexity index is 6600. The van der Waals surface area contributed by atoms with E-state index in [0.717, 1.165) is 106 Å². The molecule has 0 bridgehead atoms. The molecule has 2 aliphatic heterocycles. The highest BCUT2D eigenvalue weighted by Gasteiger charge is 2.53. The van der Waals surface area contributed by atoms with Crippen LogP contribution in [0.1, 0.15) is 44.5 Å². The summed E-state index contributed by atoms with van der Waals surface area (Å²) in [6, 6.07) is 121. The number of ether oxygens (including phenoxy) is 2. The largest absolute Gasteiger partial charge is 0.457 e. The number of aromatic nitrogens is 7. The van der Waals surface area contributed by atoms with Crippen LogP contribution in [0.4, 0.5) is 0 Å². The highest BCUT2D eigenvalue weighted by molar-refractivity contribution is 7.25. The van der Waals surface area contributed by atoms with Crippen molar-refractivity contribution in [1.82, 2.24) is 34.9 Å². The summed E-state index contributed by atoms with van der Waals surface area (Å²) in [7, 11) is 0. The molecule has 0 radical (unpaired) electrons. The van der Waals surface area contributed by atoms with Gasteiger partial charge < -0.3 is 9.47 Å². The monoisotopic (exact) mass is 1380 g/mol. The number of rotatable bonds is 9. The van der Waals surface area contributed by atoms with Crippen LogP contribution in [0.5, 0.6) is 23.0 Å². The first-order valence-corrected chi connectivity index (χ1v) is 36.8. The summed E-state index contributed by atoms with van der Waals surface area (Å²) in [6.07, 6.45) is 1.76. The number of para-hydroxylation sites is 1. The smallest absolute Gasteiger partial charge is 0.182 e. The van der Waals surface area contributed by atoms with Crippen molar-refractivity contribution in [2.75, 3.05) is 0 Å². The van der Waals surface area contributed by atoms with Gasteiger partial charge in [0.05, 0.1) is 10.8 Å². The van der Waals surface area contributed by atoms with Crippen molar-refractivity contribution >= 4 is 31.5 Å². The van der Waals surface area contributed by atoms with Crippen LogP contribution in [0.3, 0.4) is 0 Å². The fraction of sp³-hybridized carbons (Fsp3) is 0.0206. The molecule has 2 aliphatic carbocycles. The van der Waals surface area contributed by atoms with Crippen LogP contribution in [-0.4, -0.2) is 34.9 Å². The summed E-state index contributed by atoms with van der Waals surface area (Å²) in [6.45, 7) is 0. The molecule has 107 heavy (non-hydrogen) atoms. The molecule has 9 nitrogen and oxygen atoms in total. The van der Waals surface area contributed by atoms with Gasteiger partial charge in [-0.3, -0.25) is 4.98 Å². The van der Waals surface area contributed by atoms with Gasteiger partial charge in [0, 0.05) is 76.4 Å². The summed E-state index contributed by atoms with van der Waals surface area (Å²) in [5.41, 5.74) is 23.8. The molecule has 0 fully saturated rings. The van der Waals surface area contributed by atoms with Crippen molar-refractivity contribution in [3.05, 3.63) is 390 Å². The van der Waals surface area contributed by atoms with Gasteiger partial charge >= 0.3 is 0 Å². The van der Waals surface area contributed by atoms with Crippen molar-refractivity contribution in [1.29, 1.82) is 0 Å². The van der Waals surface area contributed by atoms with Gasteiger partial charge in [-0.25, -0.2) is 29.9 Å². The lowest BCUT2D eigenvalue weighted by Gasteiger charge is -2.40. The molecule has 10 heteroatoms. The third kappa shape index (κ3) is 9.39. The van der Waals surface area contributed by atoms with E-state index in [1.165, 1.54) is 64.7 Å². The maximum absolute atomic E-state index is 7.18. The normalized spacial score (nSPS) is 13.3. The van der Waals surface area contributed by atoms with Crippen molar-refractivity contribution < 1.29 is 9.47 Å². The Labute approximate surface area is 620 Å². The van der Waals surface area contributed by atoms with E-state index in [-0.39, 0.29) is 0 Å². The van der Waals surface area contributed by atoms with Gasteiger partial charge in [0.1, 0.15) is 28.7 Å². The fourth-order valence-electron chi connectivity index (χ4n) is 17.3. The molecule has 0 atom stereocenters. The van der Waals surface area contributed by atoms with Crippen LogP contribution in [0.2, 0.25) is 0 Å². The van der Waals surface area contributed by atoms with Crippen molar-refractivity contribution in [2.45, 2.75) is 10.8 Å². The van der Waals surface area contributed by atoms with Crippen LogP contribution < -0.4 is 9.47 Å².